The van der Waals surface area contributed by atoms with Crippen LogP contribution in [0, 0.1) is 5.92 Å². The van der Waals surface area contributed by atoms with Crippen molar-refractivity contribution in [3.05, 3.63) is 35.9 Å². The predicted octanol–water partition coefficient (Wildman–Crippen LogP) is -1.34. The molecule has 11 N–H and O–H groups in total. The first kappa shape index (κ1) is 37.5. The molecule has 46 heavy (non-hydrogen) atoms. The van der Waals surface area contributed by atoms with Crippen LogP contribution < -0.4 is 33.2 Å². The number of likely N-dealkylation sites (tertiary alicyclic amines) is 1. The molecule has 0 saturated carbocycles. The number of benzene rings is 1. The summed E-state index contributed by atoms with van der Waals surface area (Å²) in [6.45, 7) is 3.97. The van der Waals surface area contributed by atoms with E-state index in [4.69, 9.17) is 17.2 Å². The smallest absolute Gasteiger partial charge is 0.326 e. The first-order valence-electron chi connectivity index (χ1n) is 15.2. The van der Waals surface area contributed by atoms with Crippen LogP contribution in [0.5, 0.6) is 0 Å². The molecule has 1 aromatic carbocycles. The summed E-state index contributed by atoms with van der Waals surface area (Å²) in [5.74, 6) is -5.68. The number of carbonyl (C=O) groups excluding carboxylic acids is 4. The molecule has 16 heteroatoms. The number of amides is 4. The van der Waals surface area contributed by atoms with Gasteiger partial charge in [-0.1, -0.05) is 44.2 Å². The first-order chi connectivity index (χ1) is 21.7. The molecule has 1 fully saturated rings. The molecule has 1 saturated heterocycles. The van der Waals surface area contributed by atoms with Crippen molar-refractivity contribution in [3.8, 4) is 0 Å². The Kier molecular flexibility index (Phi) is 14.9. The number of carbonyl (C=O) groups is 6. The van der Waals surface area contributed by atoms with Crippen molar-refractivity contribution in [2.45, 2.75) is 89.0 Å². The second-order valence-electron chi connectivity index (χ2n) is 11.7. The van der Waals surface area contributed by atoms with E-state index < -0.39 is 72.2 Å². The standard InChI is InChI=1S/C30H46N8O8/c1-17(2)14-22(29(45)46)37-27(43)23-11-7-13-38(23)28(44)21(16-24(39)40)36-26(42)20(15-18-8-4-3-5-9-18)35-25(41)19(31)10-6-12-34-30(32)33/h3-5,8-9,17,19-23H,6-7,10-16,31H2,1-2H3,(H,35,41)(H,36,42)(H,37,43)(H,39,40)(H,45,46)(H4,32,33,34)/t19-,20-,21-,22-,23-/m0/s1. The molecule has 1 aliphatic rings. The number of nitrogens with two attached hydrogens (primary N) is 3. The number of carboxylic acid groups (broad SMARTS) is 2. The highest BCUT2D eigenvalue weighted by Crippen LogP contribution is 2.20. The number of nitrogens with zero attached hydrogens (tertiary/aromatic N) is 2. The van der Waals surface area contributed by atoms with Gasteiger partial charge in [-0.3, -0.25) is 29.0 Å². The minimum Gasteiger partial charge on any atom is -0.481 e. The molecule has 1 aliphatic heterocycles. The van der Waals surface area contributed by atoms with Gasteiger partial charge in [-0.25, -0.2) is 4.79 Å². The third-order valence-corrected chi connectivity index (χ3v) is 7.37. The highest BCUT2D eigenvalue weighted by Gasteiger charge is 2.40. The topological polar surface area (TPSA) is 273 Å². The van der Waals surface area contributed by atoms with E-state index in [0.717, 1.165) is 4.90 Å². The number of carboxylic acids is 2. The molecule has 2 rings (SSSR count). The van der Waals surface area contributed by atoms with Crippen LogP contribution in [-0.4, -0.2) is 99.9 Å². The Balaban J connectivity index is 2.23. The van der Waals surface area contributed by atoms with Crippen molar-refractivity contribution in [1.29, 1.82) is 0 Å². The molecule has 0 spiro atoms. The van der Waals surface area contributed by atoms with Crippen LogP contribution in [-0.2, 0) is 35.2 Å². The lowest BCUT2D eigenvalue weighted by atomic mass is 10.0. The molecule has 0 radical (unpaired) electrons. The van der Waals surface area contributed by atoms with Crippen molar-refractivity contribution in [2.24, 2.45) is 28.1 Å². The van der Waals surface area contributed by atoms with E-state index in [-0.39, 0.29) is 50.7 Å². The van der Waals surface area contributed by atoms with E-state index in [1.165, 1.54) is 0 Å². The van der Waals surface area contributed by atoms with Gasteiger partial charge in [-0.15, -0.1) is 0 Å². The molecule has 0 unspecified atom stereocenters. The van der Waals surface area contributed by atoms with Crippen molar-refractivity contribution in [2.75, 3.05) is 13.1 Å². The minimum absolute atomic E-state index is 0.00822. The Labute approximate surface area is 267 Å². The van der Waals surface area contributed by atoms with Crippen LogP contribution in [0.4, 0.5) is 0 Å². The monoisotopic (exact) mass is 646 g/mol. The van der Waals surface area contributed by atoms with Gasteiger partial charge in [0.25, 0.3) is 0 Å². The summed E-state index contributed by atoms with van der Waals surface area (Å²) in [5, 5.41) is 26.7. The van der Waals surface area contributed by atoms with Gasteiger partial charge in [0, 0.05) is 19.5 Å². The fourth-order valence-corrected chi connectivity index (χ4v) is 5.10. The Morgan fingerprint density at radius 1 is 0.957 bits per heavy atom. The molecule has 16 nitrogen and oxygen atoms in total. The number of rotatable bonds is 18. The third kappa shape index (κ3) is 12.3. The summed E-state index contributed by atoms with van der Waals surface area (Å²) in [6.07, 6.45) is 0.631. The zero-order chi connectivity index (χ0) is 34.4. The lowest BCUT2D eigenvalue weighted by molar-refractivity contribution is -0.147. The summed E-state index contributed by atoms with van der Waals surface area (Å²) < 4.78 is 0. The normalized spacial score (nSPS) is 16.9. The Hall–Kier alpha value is -4.73. The highest BCUT2D eigenvalue weighted by molar-refractivity contribution is 5.97. The van der Waals surface area contributed by atoms with Crippen LogP contribution in [0.25, 0.3) is 0 Å². The number of hydrogen-bond acceptors (Lipinski definition) is 8. The molecule has 4 amide bonds. The van der Waals surface area contributed by atoms with E-state index >= 15 is 0 Å². The van der Waals surface area contributed by atoms with E-state index in [9.17, 15) is 39.0 Å². The van der Waals surface area contributed by atoms with Gasteiger partial charge in [0.1, 0.15) is 24.2 Å². The van der Waals surface area contributed by atoms with Gasteiger partial charge in [0.15, 0.2) is 5.96 Å². The van der Waals surface area contributed by atoms with Gasteiger partial charge >= 0.3 is 11.9 Å². The highest BCUT2D eigenvalue weighted by atomic mass is 16.4. The molecule has 5 atom stereocenters. The van der Waals surface area contributed by atoms with Crippen LogP contribution in [0.3, 0.4) is 0 Å². The SMILES string of the molecule is CC(C)C[C@H](NC(=O)[C@@H]1CCCN1C(=O)[C@H](CC(=O)O)NC(=O)[C@H](Cc1ccccc1)NC(=O)[C@@H](N)CCCN=C(N)N)C(=O)O. The van der Waals surface area contributed by atoms with Crippen molar-refractivity contribution >= 4 is 41.5 Å². The van der Waals surface area contributed by atoms with Crippen LogP contribution >= 0.6 is 0 Å². The van der Waals surface area contributed by atoms with Gasteiger partial charge in [-0.2, -0.15) is 0 Å². The average molecular weight is 647 g/mol. The Bertz CT molecular complexity index is 1250. The maximum absolute atomic E-state index is 13.7. The van der Waals surface area contributed by atoms with Crippen molar-refractivity contribution in [3.63, 3.8) is 0 Å². The molecule has 0 bridgehead atoms. The number of nitrogens with one attached hydrogen (secondary N) is 3. The average Bonchev–Trinajstić information content (AvgIpc) is 3.48. The lowest BCUT2D eigenvalue weighted by Gasteiger charge is -2.30. The number of guanidine groups is 1. The number of aliphatic imine (C=N–C) groups is 1. The maximum Gasteiger partial charge on any atom is 0.326 e. The van der Waals surface area contributed by atoms with E-state index in [1.54, 1.807) is 30.3 Å². The second-order valence-corrected chi connectivity index (χ2v) is 11.7. The summed E-state index contributed by atoms with van der Waals surface area (Å²) >= 11 is 0. The second kappa shape index (κ2) is 18.3. The summed E-state index contributed by atoms with van der Waals surface area (Å²) in [5.41, 5.74) is 17.3. The van der Waals surface area contributed by atoms with Gasteiger partial charge in [-0.05, 0) is 43.6 Å². The van der Waals surface area contributed by atoms with Crippen LogP contribution in [0.1, 0.15) is 57.9 Å². The summed E-state index contributed by atoms with van der Waals surface area (Å²) in [4.78, 5) is 81.7. The molecular formula is C30H46N8O8. The van der Waals surface area contributed by atoms with Gasteiger partial charge < -0.3 is 48.3 Å². The van der Waals surface area contributed by atoms with E-state index in [2.05, 4.69) is 20.9 Å². The van der Waals surface area contributed by atoms with Gasteiger partial charge in [0.05, 0.1) is 12.5 Å². The first-order valence-corrected chi connectivity index (χ1v) is 15.2. The fourth-order valence-electron chi connectivity index (χ4n) is 5.10. The molecule has 0 aliphatic carbocycles. The lowest BCUT2D eigenvalue weighted by Crippen LogP contribution is -2.59. The maximum atomic E-state index is 13.7. The number of hydrogen-bond donors (Lipinski definition) is 8. The van der Waals surface area contributed by atoms with Crippen LogP contribution in [0.2, 0.25) is 0 Å². The molecule has 1 heterocycles. The quantitative estimate of drug-likeness (QED) is 0.0525. The minimum atomic E-state index is -1.58. The Morgan fingerprint density at radius 2 is 1.61 bits per heavy atom. The summed E-state index contributed by atoms with van der Waals surface area (Å²) in [6, 6.07) is 2.70. The van der Waals surface area contributed by atoms with E-state index in [1.807, 2.05) is 13.8 Å². The molecular weight excluding hydrogens is 600 g/mol. The zero-order valence-corrected chi connectivity index (χ0v) is 26.2. The zero-order valence-electron chi connectivity index (χ0n) is 26.2. The predicted molar refractivity (Wildman–Crippen MR) is 168 cm³/mol. The molecule has 1 aromatic rings. The third-order valence-electron chi connectivity index (χ3n) is 7.37. The largest absolute Gasteiger partial charge is 0.481 e. The summed E-state index contributed by atoms with van der Waals surface area (Å²) in [7, 11) is 0. The van der Waals surface area contributed by atoms with Crippen molar-refractivity contribution < 1.29 is 39.0 Å². The fraction of sp³-hybridized carbons (Fsp3) is 0.567. The molecule has 0 aromatic heterocycles. The Morgan fingerprint density at radius 3 is 2.20 bits per heavy atom. The van der Waals surface area contributed by atoms with Crippen LogP contribution in [0.15, 0.2) is 35.3 Å². The molecule has 254 valence electrons. The van der Waals surface area contributed by atoms with Gasteiger partial charge in [0.2, 0.25) is 23.6 Å². The van der Waals surface area contributed by atoms with Crippen molar-refractivity contribution in [1.82, 2.24) is 20.9 Å². The van der Waals surface area contributed by atoms with E-state index in [0.29, 0.717) is 18.4 Å². The number of aliphatic carboxylic acids is 2.